The van der Waals surface area contributed by atoms with Crippen molar-refractivity contribution in [3.8, 4) is 12.3 Å². The maximum atomic E-state index is 11.9. The zero-order valence-corrected chi connectivity index (χ0v) is 12.9. The normalized spacial score (nSPS) is 10.0. The molecule has 0 saturated carbocycles. The van der Waals surface area contributed by atoms with Crippen LogP contribution in [-0.4, -0.2) is 35.5 Å². The van der Waals surface area contributed by atoms with E-state index in [9.17, 15) is 4.79 Å². The predicted molar refractivity (Wildman–Crippen MR) is 87.0 cm³/mol. The van der Waals surface area contributed by atoms with Gasteiger partial charge in [0, 0.05) is 36.3 Å². The molecular formula is C15H16N4O2S. The molecule has 22 heavy (non-hydrogen) atoms. The number of benzene rings is 1. The Balaban J connectivity index is 1.82. The monoisotopic (exact) mass is 316 g/mol. The van der Waals surface area contributed by atoms with Gasteiger partial charge in [0.05, 0.1) is 13.2 Å². The number of methoxy groups -OCH3 is 1. The highest BCUT2D eigenvalue weighted by molar-refractivity contribution is 7.09. The van der Waals surface area contributed by atoms with Gasteiger partial charge >= 0.3 is 0 Å². The first-order valence-corrected chi connectivity index (χ1v) is 7.40. The molecule has 0 unspecified atom stereocenters. The van der Waals surface area contributed by atoms with Crippen LogP contribution in [0.1, 0.15) is 11.4 Å². The van der Waals surface area contributed by atoms with Gasteiger partial charge in [-0.05, 0) is 18.2 Å². The number of hydrogen-bond acceptors (Lipinski definition) is 6. The number of carbonyl (C=O) groups is 1. The van der Waals surface area contributed by atoms with Crippen molar-refractivity contribution in [2.24, 2.45) is 0 Å². The molecule has 0 atom stereocenters. The van der Waals surface area contributed by atoms with Crippen LogP contribution in [0.25, 0.3) is 0 Å². The molecule has 1 aromatic carbocycles. The van der Waals surface area contributed by atoms with E-state index in [-0.39, 0.29) is 12.5 Å². The van der Waals surface area contributed by atoms with Crippen LogP contribution in [0.15, 0.2) is 24.3 Å². The van der Waals surface area contributed by atoms with Gasteiger partial charge in [-0.3, -0.25) is 4.79 Å². The molecule has 0 saturated heterocycles. The van der Waals surface area contributed by atoms with E-state index >= 15 is 0 Å². The number of carbonyl (C=O) groups excluding carboxylic acids is 1. The van der Waals surface area contributed by atoms with Gasteiger partial charge < -0.3 is 15.4 Å². The van der Waals surface area contributed by atoms with Gasteiger partial charge in [0.1, 0.15) is 5.82 Å². The van der Waals surface area contributed by atoms with Crippen LogP contribution in [0.5, 0.6) is 0 Å². The van der Waals surface area contributed by atoms with Crippen LogP contribution in [-0.2, 0) is 16.0 Å². The fourth-order valence-electron chi connectivity index (χ4n) is 1.67. The number of terminal acetylenes is 1. The van der Waals surface area contributed by atoms with Crippen molar-refractivity contribution in [3.63, 3.8) is 0 Å². The van der Waals surface area contributed by atoms with Crippen molar-refractivity contribution in [2.45, 2.75) is 6.42 Å². The number of nitrogens with one attached hydrogen (secondary N) is 2. The quantitative estimate of drug-likeness (QED) is 0.761. The molecule has 1 aromatic heterocycles. The highest BCUT2D eigenvalue weighted by Crippen LogP contribution is 2.12. The Morgan fingerprint density at radius 3 is 3.14 bits per heavy atom. The molecule has 2 N–H and O–H groups in total. The number of ether oxygens (including phenoxy) is 1. The third-order valence-corrected chi connectivity index (χ3v) is 3.42. The minimum Gasteiger partial charge on any atom is -0.384 e. The first-order valence-electron chi connectivity index (χ1n) is 6.63. The lowest BCUT2D eigenvalue weighted by molar-refractivity contribution is -0.114. The molecule has 114 valence electrons. The van der Waals surface area contributed by atoms with E-state index in [0.717, 1.165) is 5.56 Å². The summed E-state index contributed by atoms with van der Waals surface area (Å²) in [6, 6.07) is 7.12. The average Bonchev–Trinajstić information content (AvgIpc) is 2.99. The molecule has 0 radical (unpaired) electrons. The van der Waals surface area contributed by atoms with E-state index in [2.05, 4.69) is 25.9 Å². The molecule has 0 spiro atoms. The summed E-state index contributed by atoms with van der Waals surface area (Å²) in [7, 11) is 1.63. The van der Waals surface area contributed by atoms with Gasteiger partial charge in [-0.25, -0.2) is 4.98 Å². The van der Waals surface area contributed by atoms with Crippen molar-refractivity contribution in [2.75, 3.05) is 30.9 Å². The Labute approximate surface area is 133 Å². The van der Waals surface area contributed by atoms with E-state index < -0.39 is 0 Å². The minimum atomic E-state index is -0.178. The molecule has 2 aromatic rings. The summed E-state index contributed by atoms with van der Waals surface area (Å²) in [6.45, 7) is 0.682. The molecule has 1 amide bonds. The largest absolute Gasteiger partial charge is 0.384 e. The van der Waals surface area contributed by atoms with Gasteiger partial charge in [0.2, 0.25) is 11.0 Å². The summed E-state index contributed by atoms with van der Waals surface area (Å²) >= 11 is 1.22. The Morgan fingerprint density at radius 1 is 1.50 bits per heavy atom. The maximum Gasteiger partial charge on any atom is 0.243 e. The summed E-state index contributed by atoms with van der Waals surface area (Å²) in [5.74, 6) is 3.05. The highest BCUT2D eigenvalue weighted by atomic mass is 32.1. The Bertz CT molecular complexity index is 678. The van der Waals surface area contributed by atoms with Crippen LogP contribution in [0, 0.1) is 12.3 Å². The number of nitrogens with zero attached hydrogens (tertiary/aromatic N) is 2. The summed E-state index contributed by atoms with van der Waals surface area (Å²) in [5.41, 5.74) is 1.39. The standard InChI is InChI=1S/C15H16N4O2S/c1-3-11-5-4-6-12(9-11)17-14(20)10-16-15-18-13(19-22-15)7-8-21-2/h1,4-6,9H,7-8,10H2,2H3,(H,17,20)(H,16,18,19). The van der Waals surface area contributed by atoms with E-state index in [4.69, 9.17) is 11.2 Å². The first-order chi connectivity index (χ1) is 10.7. The van der Waals surface area contributed by atoms with Crippen molar-refractivity contribution in [1.82, 2.24) is 9.36 Å². The van der Waals surface area contributed by atoms with Crippen molar-refractivity contribution < 1.29 is 9.53 Å². The molecular weight excluding hydrogens is 300 g/mol. The van der Waals surface area contributed by atoms with Gasteiger partial charge in [-0.2, -0.15) is 4.37 Å². The third kappa shape index (κ3) is 4.84. The van der Waals surface area contributed by atoms with E-state index in [1.807, 2.05) is 0 Å². The SMILES string of the molecule is C#Cc1cccc(NC(=O)CNc2nc(CCOC)ns2)c1. The van der Waals surface area contributed by atoms with Crippen LogP contribution >= 0.6 is 11.5 Å². The van der Waals surface area contributed by atoms with Crippen LogP contribution < -0.4 is 10.6 Å². The molecule has 1 heterocycles. The Morgan fingerprint density at radius 2 is 2.36 bits per heavy atom. The van der Waals surface area contributed by atoms with Gasteiger partial charge in [-0.1, -0.05) is 12.0 Å². The molecule has 0 aliphatic rings. The van der Waals surface area contributed by atoms with E-state index in [1.165, 1.54) is 11.5 Å². The Kier molecular flexibility index (Phi) is 5.89. The fraction of sp³-hybridized carbons (Fsp3) is 0.267. The average molecular weight is 316 g/mol. The number of aromatic nitrogens is 2. The molecule has 6 nitrogen and oxygen atoms in total. The summed E-state index contributed by atoms with van der Waals surface area (Å²) in [5, 5.41) is 6.32. The smallest absolute Gasteiger partial charge is 0.243 e. The van der Waals surface area contributed by atoms with Crippen molar-refractivity contribution in [3.05, 3.63) is 35.7 Å². The summed E-state index contributed by atoms with van der Waals surface area (Å²) in [6.07, 6.45) is 5.98. The minimum absolute atomic E-state index is 0.110. The van der Waals surface area contributed by atoms with Gasteiger partial charge in [-0.15, -0.1) is 6.42 Å². The third-order valence-electron chi connectivity index (χ3n) is 2.71. The zero-order chi connectivity index (χ0) is 15.8. The molecule has 0 aliphatic heterocycles. The summed E-state index contributed by atoms with van der Waals surface area (Å²) in [4.78, 5) is 16.1. The lowest BCUT2D eigenvalue weighted by Gasteiger charge is -2.06. The van der Waals surface area contributed by atoms with Crippen LogP contribution in [0.2, 0.25) is 0 Å². The van der Waals surface area contributed by atoms with Crippen LogP contribution in [0.4, 0.5) is 10.8 Å². The second-order valence-corrected chi connectivity index (χ2v) is 5.14. The fourth-order valence-corrected chi connectivity index (χ4v) is 2.28. The zero-order valence-electron chi connectivity index (χ0n) is 12.1. The second-order valence-electron chi connectivity index (χ2n) is 4.39. The molecule has 0 aliphatic carbocycles. The number of anilines is 2. The number of amides is 1. The molecule has 7 heteroatoms. The Hall–Kier alpha value is -2.43. The molecule has 2 rings (SSSR count). The van der Waals surface area contributed by atoms with E-state index in [1.54, 1.807) is 31.4 Å². The molecule has 0 bridgehead atoms. The number of rotatable bonds is 7. The number of hydrogen-bond donors (Lipinski definition) is 2. The topological polar surface area (TPSA) is 76.1 Å². The van der Waals surface area contributed by atoms with Crippen molar-refractivity contribution in [1.29, 1.82) is 0 Å². The van der Waals surface area contributed by atoms with Crippen molar-refractivity contribution >= 4 is 28.3 Å². The molecule has 0 fully saturated rings. The second kappa shape index (κ2) is 8.12. The van der Waals surface area contributed by atoms with Gasteiger partial charge in [0.15, 0.2) is 0 Å². The van der Waals surface area contributed by atoms with Gasteiger partial charge in [0.25, 0.3) is 0 Å². The van der Waals surface area contributed by atoms with Crippen LogP contribution in [0.3, 0.4) is 0 Å². The summed E-state index contributed by atoms with van der Waals surface area (Å²) < 4.78 is 9.14. The lowest BCUT2D eigenvalue weighted by atomic mass is 10.2. The van der Waals surface area contributed by atoms with E-state index in [0.29, 0.717) is 29.7 Å². The lowest BCUT2D eigenvalue weighted by Crippen LogP contribution is -2.21. The first kappa shape index (κ1) is 15.9. The highest BCUT2D eigenvalue weighted by Gasteiger charge is 2.06. The predicted octanol–water partition coefficient (Wildman–Crippen LogP) is 1.76. The maximum absolute atomic E-state index is 11.9.